The van der Waals surface area contributed by atoms with Crippen LogP contribution in [-0.4, -0.2) is 78.7 Å². The molecule has 0 spiro atoms. The van der Waals surface area contributed by atoms with Crippen molar-refractivity contribution in [3.63, 3.8) is 0 Å². The van der Waals surface area contributed by atoms with Crippen LogP contribution in [-0.2, 0) is 62.0 Å². The molecule has 0 amide bonds. The summed E-state index contributed by atoms with van der Waals surface area (Å²) >= 11 is 0. The molecule has 11 atom stereocenters. The molecule has 1 heterocycles. The third-order valence-electron chi connectivity index (χ3n) is 9.60. The first-order valence-electron chi connectivity index (χ1n) is 14.2. The Kier molecular flexibility index (Phi) is 8.51. The van der Waals surface area contributed by atoms with Gasteiger partial charge in [-0.3, -0.25) is 28.8 Å². The van der Waals surface area contributed by atoms with Crippen molar-refractivity contribution >= 4 is 41.6 Å². The van der Waals surface area contributed by atoms with Gasteiger partial charge in [0.05, 0.1) is 5.41 Å². The van der Waals surface area contributed by atoms with Crippen molar-refractivity contribution in [2.75, 3.05) is 6.61 Å². The van der Waals surface area contributed by atoms with E-state index in [0.29, 0.717) is 5.57 Å². The van der Waals surface area contributed by atoms with Gasteiger partial charge in [-0.25, -0.2) is 4.79 Å². The number of ether oxygens (including phenoxy) is 6. The van der Waals surface area contributed by atoms with Gasteiger partial charge in [0.2, 0.25) is 6.10 Å². The highest BCUT2D eigenvalue weighted by Gasteiger charge is 2.78. The van der Waals surface area contributed by atoms with Crippen LogP contribution < -0.4 is 0 Å². The van der Waals surface area contributed by atoms with Crippen molar-refractivity contribution in [2.45, 2.75) is 92.3 Å². The van der Waals surface area contributed by atoms with E-state index >= 15 is 0 Å². The molecular formula is C30H38O13. The quantitative estimate of drug-likeness (QED) is 0.243. The summed E-state index contributed by atoms with van der Waals surface area (Å²) in [7, 11) is 0. The summed E-state index contributed by atoms with van der Waals surface area (Å²) in [5, 5.41) is 0. The number of esters is 6. The Bertz CT molecular complexity index is 1280. The molecule has 1 saturated heterocycles. The highest BCUT2D eigenvalue weighted by atomic mass is 16.6. The Labute approximate surface area is 248 Å². The van der Waals surface area contributed by atoms with Gasteiger partial charge in [0.15, 0.2) is 18.0 Å². The van der Waals surface area contributed by atoms with Crippen molar-refractivity contribution in [2.24, 2.45) is 34.5 Å². The van der Waals surface area contributed by atoms with E-state index in [1.807, 2.05) is 0 Å². The Balaban J connectivity index is 2.07. The van der Waals surface area contributed by atoms with Gasteiger partial charge < -0.3 is 28.4 Å². The predicted molar refractivity (Wildman–Crippen MR) is 142 cm³/mol. The van der Waals surface area contributed by atoms with Crippen molar-refractivity contribution in [3.05, 3.63) is 11.6 Å². The van der Waals surface area contributed by atoms with E-state index in [9.17, 15) is 33.6 Å². The lowest BCUT2D eigenvalue weighted by Gasteiger charge is -2.68. The van der Waals surface area contributed by atoms with Crippen LogP contribution in [0.1, 0.15) is 61.8 Å². The van der Waals surface area contributed by atoms with Gasteiger partial charge in [-0.2, -0.15) is 0 Å². The number of hydrogen-bond donors (Lipinski definition) is 0. The van der Waals surface area contributed by atoms with Crippen molar-refractivity contribution < 1.29 is 62.0 Å². The van der Waals surface area contributed by atoms with Gasteiger partial charge >= 0.3 is 35.8 Å². The average Bonchev–Trinajstić information content (AvgIpc) is 2.86. The summed E-state index contributed by atoms with van der Waals surface area (Å²) in [6, 6.07) is 0. The van der Waals surface area contributed by atoms with Crippen molar-refractivity contribution in [1.29, 1.82) is 0 Å². The topological polar surface area (TPSA) is 175 Å². The highest BCUT2D eigenvalue weighted by molar-refractivity contribution is 5.92. The summed E-state index contributed by atoms with van der Waals surface area (Å²) < 4.78 is 34.1. The van der Waals surface area contributed by atoms with E-state index < -0.39 is 113 Å². The highest BCUT2D eigenvalue weighted by Crippen LogP contribution is 2.69. The van der Waals surface area contributed by atoms with Gasteiger partial charge in [-0.05, 0) is 25.3 Å². The number of carbonyl (C=O) groups excluding carboxylic acids is 7. The largest absolute Gasteiger partial charge is 0.465 e. The van der Waals surface area contributed by atoms with Crippen LogP contribution in [0.4, 0.5) is 0 Å². The van der Waals surface area contributed by atoms with Crippen LogP contribution in [0.5, 0.6) is 0 Å². The minimum atomic E-state index is -1.54. The first-order valence-corrected chi connectivity index (χ1v) is 14.2. The maximum Gasteiger partial charge on any atom is 0.348 e. The minimum Gasteiger partial charge on any atom is -0.465 e. The van der Waals surface area contributed by atoms with E-state index in [4.69, 9.17) is 28.4 Å². The fraction of sp³-hybridized carbons (Fsp3) is 0.700. The lowest BCUT2D eigenvalue weighted by Crippen LogP contribution is -2.78. The molecule has 4 rings (SSSR count). The van der Waals surface area contributed by atoms with E-state index in [1.165, 1.54) is 20.8 Å². The Morgan fingerprint density at radius 1 is 0.860 bits per heavy atom. The second kappa shape index (κ2) is 11.4. The normalized spacial score (nSPS) is 39.5. The first-order chi connectivity index (χ1) is 20.0. The SMILES string of the molecule is CC(=O)OC[C@]12[C@@H]3[C@@H](C)[C@@H](OC(C)=O)C(=O)[C@@H]1[C@@]1(C)[C@H](OC(C)=O)[C@@H](OC(C)=O)C=C(C)[C@@H]1C[C@H]2OC(=O)[C@@H]3OC(C)=O. The molecule has 0 aromatic rings. The summed E-state index contributed by atoms with van der Waals surface area (Å²) in [6.07, 6.45) is -4.52. The number of Topliss-reactive ketones (excluding diaryl/α,β-unsaturated/α-hetero) is 1. The van der Waals surface area contributed by atoms with Crippen molar-refractivity contribution in [1.82, 2.24) is 0 Å². The van der Waals surface area contributed by atoms with Gasteiger partial charge in [0, 0.05) is 57.8 Å². The molecule has 3 aliphatic carbocycles. The zero-order valence-electron chi connectivity index (χ0n) is 25.5. The molecule has 0 aromatic carbocycles. The molecule has 43 heavy (non-hydrogen) atoms. The number of allylic oxidation sites excluding steroid dienone is 1. The minimum absolute atomic E-state index is 0.119. The molecule has 236 valence electrons. The monoisotopic (exact) mass is 606 g/mol. The van der Waals surface area contributed by atoms with E-state index in [-0.39, 0.29) is 6.42 Å². The van der Waals surface area contributed by atoms with Crippen LogP contribution in [0.2, 0.25) is 0 Å². The molecule has 2 saturated carbocycles. The van der Waals surface area contributed by atoms with Crippen LogP contribution >= 0.6 is 0 Å². The summed E-state index contributed by atoms with van der Waals surface area (Å²) in [5.41, 5.74) is -2.21. The fourth-order valence-electron chi connectivity index (χ4n) is 8.46. The van der Waals surface area contributed by atoms with E-state index in [2.05, 4.69) is 0 Å². The molecule has 0 unspecified atom stereocenters. The third kappa shape index (κ3) is 5.20. The Hall–Kier alpha value is -3.77. The maximum absolute atomic E-state index is 14.8. The lowest BCUT2D eigenvalue weighted by atomic mass is 9.37. The first kappa shape index (κ1) is 32.2. The standard InChI is InChI=1S/C30H38O13/c1-12-9-20(39-15(4)32)27(42-18(7)35)29(8)19(12)10-21-30(11-38-14(3)31)22(25(28(37)43-21)41-17(6)34)13(2)24(40-16(5)33)23(36)26(29)30/h9,13,19-22,24-27H,10-11H2,1-8H3/t13-,19+,20+,21-,22-,24-,25-,26-,27-,29+,30+/m1/s1. The van der Waals surface area contributed by atoms with Crippen LogP contribution in [0, 0.1) is 34.5 Å². The zero-order valence-corrected chi connectivity index (χ0v) is 25.5. The number of ketones is 1. The third-order valence-corrected chi connectivity index (χ3v) is 9.60. The van der Waals surface area contributed by atoms with Gasteiger partial charge in [-0.15, -0.1) is 0 Å². The zero-order chi connectivity index (χ0) is 32.2. The van der Waals surface area contributed by atoms with E-state index in [0.717, 1.165) is 13.8 Å². The number of hydrogen-bond acceptors (Lipinski definition) is 13. The van der Waals surface area contributed by atoms with Crippen LogP contribution in [0.25, 0.3) is 0 Å². The van der Waals surface area contributed by atoms with Gasteiger partial charge in [0.25, 0.3) is 0 Å². The summed E-state index contributed by atoms with van der Waals surface area (Å²) in [4.78, 5) is 89.8. The molecule has 0 radical (unpaired) electrons. The van der Waals surface area contributed by atoms with Gasteiger partial charge in [-0.1, -0.05) is 19.4 Å². The smallest absolute Gasteiger partial charge is 0.348 e. The Morgan fingerprint density at radius 2 is 1.42 bits per heavy atom. The molecule has 0 N–H and O–H groups in total. The summed E-state index contributed by atoms with van der Waals surface area (Å²) in [6.45, 7) is 10.5. The average molecular weight is 607 g/mol. The molecule has 4 aliphatic rings. The summed E-state index contributed by atoms with van der Waals surface area (Å²) in [5.74, 6) is -8.80. The molecular weight excluding hydrogens is 568 g/mol. The van der Waals surface area contributed by atoms with Crippen LogP contribution in [0.15, 0.2) is 11.6 Å². The lowest BCUT2D eigenvalue weighted by molar-refractivity contribution is -0.288. The second-order valence-corrected chi connectivity index (χ2v) is 12.3. The number of fused-ring (bicyclic) bond motifs is 2. The number of rotatable bonds is 6. The molecule has 13 heteroatoms. The van der Waals surface area contributed by atoms with E-state index in [1.54, 1.807) is 26.8 Å². The maximum atomic E-state index is 14.8. The molecule has 0 bridgehead atoms. The van der Waals surface area contributed by atoms with Crippen molar-refractivity contribution in [3.8, 4) is 0 Å². The van der Waals surface area contributed by atoms with Gasteiger partial charge in [0.1, 0.15) is 18.8 Å². The molecule has 1 aliphatic heterocycles. The Morgan fingerprint density at radius 3 is 1.95 bits per heavy atom. The second-order valence-electron chi connectivity index (χ2n) is 12.3. The molecule has 13 nitrogen and oxygen atoms in total. The number of carbonyl (C=O) groups is 7. The fourth-order valence-corrected chi connectivity index (χ4v) is 8.46. The predicted octanol–water partition coefficient (Wildman–Crippen LogP) is 1.63. The van der Waals surface area contributed by atoms with Crippen LogP contribution in [0.3, 0.4) is 0 Å². The molecule has 0 aromatic heterocycles. The molecule has 3 fully saturated rings.